The van der Waals surface area contributed by atoms with Crippen LogP contribution in [0.4, 0.5) is 8.78 Å². The Kier molecular flexibility index (Phi) is 3.60. The van der Waals surface area contributed by atoms with E-state index in [1.54, 1.807) is 0 Å². The van der Waals surface area contributed by atoms with E-state index in [-0.39, 0.29) is 6.61 Å². The Hall–Kier alpha value is -1.90. The molecular formula is C15H14F2O. The molecule has 0 spiro atoms. The van der Waals surface area contributed by atoms with Crippen LogP contribution in [-0.2, 0) is 6.61 Å². The summed E-state index contributed by atoms with van der Waals surface area (Å²) in [5, 5.41) is 0. The molecule has 0 N–H and O–H groups in total. The molecule has 2 aromatic carbocycles. The maximum atomic E-state index is 13.0. The van der Waals surface area contributed by atoms with Crippen molar-refractivity contribution in [3.63, 3.8) is 0 Å². The van der Waals surface area contributed by atoms with Crippen molar-refractivity contribution in [1.82, 2.24) is 0 Å². The number of aryl methyl sites for hydroxylation is 1. The molecule has 0 aliphatic heterocycles. The SMILES string of the molecule is Cc1cccc(OCc2cc(F)cc(F)c2)c1C. The van der Waals surface area contributed by atoms with Crippen molar-refractivity contribution in [2.24, 2.45) is 0 Å². The van der Waals surface area contributed by atoms with Crippen LogP contribution in [0.2, 0.25) is 0 Å². The molecule has 2 aromatic rings. The van der Waals surface area contributed by atoms with Gasteiger partial charge in [0.1, 0.15) is 24.0 Å². The molecule has 3 heteroatoms. The second-order valence-corrected chi connectivity index (χ2v) is 4.26. The fraction of sp³-hybridized carbons (Fsp3) is 0.200. The largest absolute Gasteiger partial charge is 0.489 e. The Balaban J connectivity index is 2.14. The molecule has 0 heterocycles. The van der Waals surface area contributed by atoms with E-state index in [1.807, 2.05) is 32.0 Å². The van der Waals surface area contributed by atoms with Crippen molar-refractivity contribution in [3.05, 3.63) is 64.7 Å². The fourth-order valence-corrected chi connectivity index (χ4v) is 1.74. The smallest absolute Gasteiger partial charge is 0.126 e. The minimum Gasteiger partial charge on any atom is -0.489 e. The van der Waals surface area contributed by atoms with E-state index in [0.717, 1.165) is 22.9 Å². The van der Waals surface area contributed by atoms with Crippen molar-refractivity contribution < 1.29 is 13.5 Å². The second kappa shape index (κ2) is 5.17. The summed E-state index contributed by atoms with van der Waals surface area (Å²) < 4.78 is 31.6. The molecule has 0 saturated heterocycles. The summed E-state index contributed by atoms with van der Waals surface area (Å²) in [4.78, 5) is 0. The highest BCUT2D eigenvalue weighted by Gasteiger charge is 2.04. The molecule has 94 valence electrons. The Morgan fingerprint density at radius 3 is 2.33 bits per heavy atom. The van der Waals surface area contributed by atoms with E-state index in [4.69, 9.17) is 4.74 Å². The fourth-order valence-electron chi connectivity index (χ4n) is 1.74. The molecule has 18 heavy (non-hydrogen) atoms. The normalized spacial score (nSPS) is 10.4. The third kappa shape index (κ3) is 2.86. The van der Waals surface area contributed by atoms with Crippen molar-refractivity contribution in [3.8, 4) is 5.75 Å². The standard InChI is InChI=1S/C15H14F2O/c1-10-4-3-5-15(11(10)2)18-9-12-6-13(16)8-14(17)7-12/h3-8H,9H2,1-2H3. The Labute approximate surface area is 105 Å². The van der Waals surface area contributed by atoms with E-state index in [2.05, 4.69) is 0 Å². The van der Waals surface area contributed by atoms with Gasteiger partial charge in [0.25, 0.3) is 0 Å². The molecule has 0 aromatic heterocycles. The van der Waals surface area contributed by atoms with Gasteiger partial charge in [0.15, 0.2) is 0 Å². The molecular weight excluding hydrogens is 234 g/mol. The summed E-state index contributed by atoms with van der Waals surface area (Å²) in [6.45, 7) is 4.10. The predicted octanol–water partition coefficient (Wildman–Crippen LogP) is 4.16. The van der Waals surface area contributed by atoms with Crippen molar-refractivity contribution in [1.29, 1.82) is 0 Å². The minimum absolute atomic E-state index is 0.152. The minimum atomic E-state index is -0.588. The Bertz CT molecular complexity index is 544. The topological polar surface area (TPSA) is 9.23 Å². The van der Waals surface area contributed by atoms with Gasteiger partial charge >= 0.3 is 0 Å². The van der Waals surface area contributed by atoms with Crippen LogP contribution >= 0.6 is 0 Å². The molecule has 1 nitrogen and oxygen atoms in total. The van der Waals surface area contributed by atoms with Crippen LogP contribution in [0.1, 0.15) is 16.7 Å². The van der Waals surface area contributed by atoms with Crippen LogP contribution in [-0.4, -0.2) is 0 Å². The zero-order valence-corrected chi connectivity index (χ0v) is 10.3. The number of hydrogen-bond donors (Lipinski definition) is 0. The number of halogens is 2. The van der Waals surface area contributed by atoms with E-state index in [9.17, 15) is 8.78 Å². The van der Waals surface area contributed by atoms with E-state index < -0.39 is 11.6 Å². The van der Waals surface area contributed by atoms with E-state index >= 15 is 0 Å². The summed E-state index contributed by atoms with van der Waals surface area (Å²) in [6, 6.07) is 9.12. The van der Waals surface area contributed by atoms with E-state index in [1.165, 1.54) is 12.1 Å². The lowest BCUT2D eigenvalue weighted by Crippen LogP contribution is -1.99. The molecule has 0 radical (unpaired) electrons. The highest BCUT2D eigenvalue weighted by Crippen LogP contribution is 2.22. The lowest BCUT2D eigenvalue weighted by molar-refractivity contribution is 0.302. The summed E-state index contributed by atoms with van der Waals surface area (Å²) in [6.07, 6.45) is 0. The lowest BCUT2D eigenvalue weighted by Gasteiger charge is -2.11. The van der Waals surface area contributed by atoms with Crippen LogP contribution in [0.3, 0.4) is 0 Å². The molecule has 0 atom stereocenters. The monoisotopic (exact) mass is 248 g/mol. The number of hydrogen-bond acceptors (Lipinski definition) is 1. The van der Waals surface area contributed by atoms with Gasteiger partial charge in [-0.25, -0.2) is 8.78 Å². The van der Waals surface area contributed by atoms with Crippen molar-refractivity contribution >= 4 is 0 Å². The van der Waals surface area contributed by atoms with Crippen LogP contribution in [0.25, 0.3) is 0 Å². The number of benzene rings is 2. The van der Waals surface area contributed by atoms with Crippen LogP contribution in [0, 0.1) is 25.5 Å². The zero-order chi connectivity index (χ0) is 13.1. The lowest BCUT2D eigenvalue weighted by atomic mass is 10.1. The molecule has 0 aliphatic carbocycles. The van der Waals surface area contributed by atoms with Crippen molar-refractivity contribution in [2.45, 2.75) is 20.5 Å². The van der Waals surface area contributed by atoms with Crippen LogP contribution in [0.15, 0.2) is 36.4 Å². The van der Waals surface area contributed by atoms with Gasteiger partial charge < -0.3 is 4.74 Å². The van der Waals surface area contributed by atoms with Gasteiger partial charge in [0, 0.05) is 6.07 Å². The Morgan fingerprint density at radius 1 is 1.00 bits per heavy atom. The molecule has 0 fully saturated rings. The second-order valence-electron chi connectivity index (χ2n) is 4.26. The highest BCUT2D eigenvalue weighted by molar-refractivity contribution is 5.38. The first kappa shape index (κ1) is 12.6. The molecule has 0 amide bonds. The first-order chi connectivity index (χ1) is 8.56. The molecule has 0 aliphatic rings. The summed E-state index contributed by atoms with van der Waals surface area (Å²) in [5.74, 6) is -0.441. The highest BCUT2D eigenvalue weighted by atomic mass is 19.1. The molecule has 2 rings (SSSR count). The predicted molar refractivity (Wildman–Crippen MR) is 66.6 cm³/mol. The average Bonchev–Trinajstić information content (AvgIpc) is 2.30. The summed E-state index contributed by atoms with van der Waals surface area (Å²) in [7, 11) is 0. The van der Waals surface area contributed by atoms with Gasteiger partial charge in [0.2, 0.25) is 0 Å². The van der Waals surface area contributed by atoms with Gasteiger partial charge in [-0.15, -0.1) is 0 Å². The zero-order valence-electron chi connectivity index (χ0n) is 10.3. The van der Waals surface area contributed by atoms with Crippen molar-refractivity contribution in [2.75, 3.05) is 0 Å². The van der Waals surface area contributed by atoms with Gasteiger partial charge in [-0.3, -0.25) is 0 Å². The van der Waals surface area contributed by atoms with Crippen LogP contribution < -0.4 is 4.74 Å². The quantitative estimate of drug-likeness (QED) is 0.792. The number of rotatable bonds is 3. The van der Waals surface area contributed by atoms with Gasteiger partial charge in [-0.1, -0.05) is 12.1 Å². The van der Waals surface area contributed by atoms with E-state index in [0.29, 0.717) is 5.56 Å². The van der Waals surface area contributed by atoms with Crippen LogP contribution in [0.5, 0.6) is 5.75 Å². The van der Waals surface area contributed by atoms with Gasteiger partial charge in [-0.05, 0) is 48.7 Å². The first-order valence-electron chi connectivity index (χ1n) is 5.70. The molecule has 0 unspecified atom stereocenters. The first-order valence-corrected chi connectivity index (χ1v) is 5.70. The third-order valence-corrected chi connectivity index (χ3v) is 2.87. The van der Waals surface area contributed by atoms with Gasteiger partial charge in [0.05, 0.1) is 0 Å². The van der Waals surface area contributed by atoms with Gasteiger partial charge in [-0.2, -0.15) is 0 Å². The Morgan fingerprint density at radius 2 is 1.67 bits per heavy atom. The molecule has 0 saturated carbocycles. The average molecular weight is 248 g/mol. The summed E-state index contributed by atoms with van der Waals surface area (Å²) >= 11 is 0. The summed E-state index contributed by atoms with van der Waals surface area (Å²) in [5.41, 5.74) is 2.64. The number of ether oxygens (including phenoxy) is 1. The third-order valence-electron chi connectivity index (χ3n) is 2.87. The maximum absolute atomic E-state index is 13.0. The molecule has 0 bridgehead atoms. The maximum Gasteiger partial charge on any atom is 0.126 e.